The second-order valence-electron chi connectivity index (χ2n) is 4.86. The third-order valence-electron chi connectivity index (χ3n) is 3.74. The SMILES string of the molecule is CC.CC.CN1CCC2(CC1)OC(=O)Nc1ccccc12. The summed E-state index contributed by atoms with van der Waals surface area (Å²) < 4.78 is 5.61. The van der Waals surface area contributed by atoms with Crippen LogP contribution in [0, 0.1) is 0 Å². The number of nitrogens with one attached hydrogen (secondary N) is 1. The Morgan fingerprint density at radius 3 is 2.29 bits per heavy atom. The molecular weight excluding hydrogens is 264 g/mol. The average Bonchev–Trinajstić information content (AvgIpc) is 2.54. The molecule has 4 heteroatoms. The molecule has 2 aliphatic rings. The number of nitrogens with zero attached hydrogens (tertiary/aromatic N) is 1. The molecule has 0 aromatic heterocycles. The Kier molecular flexibility index (Phi) is 6.69. The van der Waals surface area contributed by atoms with Crippen molar-refractivity contribution >= 4 is 11.8 Å². The quantitative estimate of drug-likeness (QED) is 0.778. The molecule has 4 nitrogen and oxygen atoms in total. The summed E-state index contributed by atoms with van der Waals surface area (Å²) in [7, 11) is 2.10. The van der Waals surface area contributed by atoms with E-state index in [1.54, 1.807) is 0 Å². The number of piperidine rings is 1. The summed E-state index contributed by atoms with van der Waals surface area (Å²) in [5.41, 5.74) is 1.60. The number of ether oxygens (including phenoxy) is 1. The molecule has 1 aromatic rings. The van der Waals surface area contributed by atoms with Crippen LogP contribution in [0.3, 0.4) is 0 Å². The lowest BCUT2D eigenvalue weighted by Gasteiger charge is -2.43. The zero-order chi connectivity index (χ0) is 15.9. The fourth-order valence-electron chi connectivity index (χ4n) is 2.71. The van der Waals surface area contributed by atoms with E-state index in [0.717, 1.165) is 37.2 Å². The summed E-state index contributed by atoms with van der Waals surface area (Å²) in [5.74, 6) is 0. The van der Waals surface area contributed by atoms with Gasteiger partial charge in [-0.1, -0.05) is 45.9 Å². The third-order valence-corrected chi connectivity index (χ3v) is 3.74. The number of fused-ring (bicyclic) bond motifs is 2. The molecule has 1 amide bonds. The van der Waals surface area contributed by atoms with Gasteiger partial charge in [0.1, 0.15) is 5.60 Å². The molecule has 1 spiro atoms. The number of hydrogen-bond donors (Lipinski definition) is 1. The van der Waals surface area contributed by atoms with Crippen molar-refractivity contribution in [3.05, 3.63) is 29.8 Å². The van der Waals surface area contributed by atoms with Crippen LogP contribution in [0.1, 0.15) is 46.1 Å². The molecule has 2 heterocycles. The number of hydrogen-bond acceptors (Lipinski definition) is 3. The highest BCUT2D eigenvalue weighted by Gasteiger charge is 2.43. The van der Waals surface area contributed by atoms with E-state index in [9.17, 15) is 4.79 Å². The maximum atomic E-state index is 11.6. The molecule has 0 aliphatic carbocycles. The fourth-order valence-corrected chi connectivity index (χ4v) is 2.71. The molecule has 1 N–H and O–H groups in total. The first-order chi connectivity index (χ1) is 10.2. The fraction of sp³-hybridized carbons (Fsp3) is 0.588. The Morgan fingerprint density at radius 1 is 1.10 bits per heavy atom. The van der Waals surface area contributed by atoms with E-state index in [-0.39, 0.29) is 6.09 Å². The molecule has 1 aromatic carbocycles. The zero-order valence-electron chi connectivity index (χ0n) is 13.9. The van der Waals surface area contributed by atoms with E-state index in [1.165, 1.54) is 0 Å². The van der Waals surface area contributed by atoms with Gasteiger partial charge >= 0.3 is 6.09 Å². The van der Waals surface area contributed by atoms with Gasteiger partial charge in [-0.15, -0.1) is 0 Å². The predicted octanol–water partition coefficient (Wildman–Crippen LogP) is 4.22. The topological polar surface area (TPSA) is 41.6 Å². The maximum Gasteiger partial charge on any atom is 0.412 e. The number of carbonyl (C=O) groups is 1. The molecule has 0 atom stereocenters. The second kappa shape index (κ2) is 8.03. The Hall–Kier alpha value is -1.55. The molecule has 0 saturated carbocycles. The monoisotopic (exact) mass is 292 g/mol. The number of carbonyl (C=O) groups excluding carboxylic acids is 1. The number of para-hydroxylation sites is 1. The molecule has 2 aliphatic heterocycles. The predicted molar refractivity (Wildman–Crippen MR) is 87.7 cm³/mol. The lowest BCUT2D eigenvalue weighted by molar-refractivity contribution is -0.0333. The van der Waals surface area contributed by atoms with Gasteiger partial charge in [0.25, 0.3) is 0 Å². The van der Waals surface area contributed by atoms with Crippen molar-refractivity contribution in [3.8, 4) is 0 Å². The van der Waals surface area contributed by atoms with Crippen molar-refractivity contribution in [2.24, 2.45) is 0 Å². The van der Waals surface area contributed by atoms with Crippen LogP contribution in [0.2, 0.25) is 0 Å². The normalized spacial score (nSPS) is 19.0. The van der Waals surface area contributed by atoms with Crippen LogP contribution < -0.4 is 5.32 Å². The van der Waals surface area contributed by atoms with Gasteiger partial charge in [0, 0.05) is 31.5 Å². The van der Waals surface area contributed by atoms with Crippen LogP contribution in [0.15, 0.2) is 24.3 Å². The maximum absolute atomic E-state index is 11.6. The van der Waals surface area contributed by atoms with Crippen LogP contribution in [-0.2, 0) is 10.3 Å². The highest BCUT2D eigenvalue weighted by molar-refractivity contribution is 5.88. The number of amides is 1. The van der Waals surface area contributed by atoms with Gasteiger partial charge in [-0.05, 0) is 13.1 Å². The summed E-state index contributed by atoms with van der Waals surface area (Å²) in [4.78, 5) is 13.9. The number of benzene rings is 1. The average molecular weight is 292 g/mol. The first kappa shape index (κ1) is 17.5. The van der Waals surface area contributed by atoms with Gasteiger partial charge in [0.15, 0.2) is 0 Å². The minimum atomic E-state index is -0.411. The van der Waals surface area contributed by atoms with Crippen LogP contribution in [0.5, 0.6) is 0 Å². The molecule has 0 radical (unpaired) electrons. The first-order valence-corrected chi connectivity index (χ1v) is 7.98. The molecule has 0 unspecified atom stereocenters. The van der Waals surface area contributed by atoms with Gasteiger partial charge in [-0.2, -0.15) is 0 Å². The van der Waals surface area contributed by atoms with E-state index in [1.807, 2.05) is 45.9 Å². The Bertz CT molecular complexity index is 452. The van der Waals surface area contributed by atoms with Gasteiger partial charge < -0.3 is 9.64 Å². The van der Waals surface area contributed by atoms with E-state index in [4.69, 9.17) is 4.74 Å². The van der Waals surface area contributed by atoms with Crippen molar-refractivity contribution in [2.75, 3.05) is 25.5 Å². The van der Waals surface area contributed by atoms with Crippen LogP contribution in [0.25, 0.3) is 0 Å². The Balaban J connectivity index is 0.000000510. The lowest BCUT2D eigenvalue weighted by Crippen LogP contribution is -2.47. The van der Waals surface area contributed by atoms with Crippen molar-refractivity contribution in [2.45, 2.75) is 46.1 Å². The summed E-state index contributed by atoms with van der Waals surface area (Å²) in [6.07, 6.45) is 1.41. The summed E-state index contributed by atoms with van der Waals surface area (Å²) in [5, 5.41) is 2.77. The van der Waals surface area contributed by atoms with E-state index in [2.05, 4.69) is 23.3 Å². The molecule has 21 heavy (non-hydrogen) atoms. The molecule has 1 fully saturated rings. The van der Waals surface area contributed by atoms with Gasteiger partial charge in [0.2, 0.25) is 0 Å². The smallest absolute Gasteiger partial charge is 0.412 e. The van der Waals surface area contributed by atoms with E-state index >= 15 is 0 Å². The van der Waals surface area contributed by atoms with Gasteiger partial charge in [-0.25, -0.2) is 4.79 Å². The first-order valence-electron chi connectivity index (χ1n) is 7.98. The molecule has 118 valence electrons. The minimum Gasteiger partial charge on any atom is -0.438 e. The summed E-state index contributed by atoms with van der Waals surface area (Å²) in [6, 6.07) is 7.93. The number of anilines is 1. The highest BCUT2D eigenvalue weighted by Crippen LogP contribution is 2.42. The number of rotatable bonds is 0. The van der Waals surface area contributed by atoms with Crippen LogP contribution in [0.4, 0.5) is 10.5 Å². The standard InChI is InChI=1S/C13H16N2O2.2C2H6/c1-15-8-6-13(7-9-15)10-4-2-3-5-11(10)14-12(16)17-13;2*1-2/h2-5H,6-9H2,1H3,(H,14,16);2*1-2H3. The second-order valence-corrected chi connectivity index (χ2v) is 4.86. The Morgan fingerprint density at radius 2 is 1.67 bits per heavy atom. The lowest BCUT2D eigenvalue weighted by atomic mass is 9.82. The van der Waals surface area contributed by atoms with Crippen molar-refractivity contribution in [1.82, 2.24) is 4.90 Å². The van der Waals surface area contributed by atoms with Gasteiger partial charge in [-0.3, -0.25) is 5.32 Å². The number of likely N-dealkylation sites (tertiary alicyclic amines) is 1. The third kappa shape index (κ3) is 3.76. The molecule has 0 bridgehead atoms. The largest absolute Gasteiger partial charge is 0.438 e. The van der Waals surface area contributed by atoms with E-state index < -0.39 is 5.60 Å². The minimum absolute atomic E-state index is 0.326. The van der Waals surface area contributed by atoms with Crippen LogP contribution in [-0.4, -0.2) is 31.1 Å². The van der Waals surface area contributed by atoms with Crippen LogP contribution >= 0.6 is 0 Å². The Labute approximate surface area is 128 Å². The zero-order valence-corrected chi connectivity index (χ0v) is 13.9. The van der Waals surface area contributed by atoms with Crippen molar-refractivity contribution < 1.29 is 9.53 Å². The van der Waals surface area contributed by atoms with Crippen molar-refractivity contribution in [3.63, 3.8) is 0 Å². The van der Waals surface area contributed by atoms with Crippen molar-refractivity contribution in [1.29, 1.82) is 0 Å². The van der Waals surface area contributed by atoms with Gasteiger partial charge in [0.05, 0.1) is 5.69 Å². The summed E-state index contributed by atoms with van der Waals surface area (Å²) in [6.45, 7) is 9.92. The van der Waals surface area contributed by atoms with E-state index in [0.29, 0.717) is 0 Å². The highest BCUT2D eigenvalue weighted by atomic mass is 16.6. The molecular formula is C17H28N2O2. The summed E-state index contributed by atoms with van der Waals surface area (Å²) >= 11 is 0. The molecule has 3 rings (SSSR count). The molecule has 1 saturated heterocycles.